The van der Waals surface area contributed by atoms with Crippen LogP contribution in [0.5, 0.6) is 0 Å². The summed E-state index contributed by atoms with van der Waals surface area (Å²) in [5.41, 5.74) is 4.27. The third-order valence-corrected chi connectivity index (χ3v) is 5.63. The minimum Gasteiger partial charge on any atom is -0.475 e. The predicted molar refractivity (Wildman–Crippen MR) is 123 cm³/mol. The number of hydrogen-bond acceptors (Lipinski definition) is 7. The minimum absolute atomic E-state index is 0.0471. The molecule has 5 rings (SSSR count). The van der Waals surface area contributed by atoms with Gasteiger partial charge in [0, 0.05) is 30.7 Å². The number of halogens is 3. The fraction of sp³-hybridized carbons (Fsp3) is 0.292. The van der Waals surface area contributed by atoms with Crippen molar-refractivity contribution in [3.05, 3.63) is 71.7 Å². The Morgan fingerprint density at radius 2 is 1.81 bits per heavy atom. The van der Waals surface area contributed by atoms with Crippen LogP contribution in [-0.2, 0) is 9.53 Å². The van der Waals surface area contributed by atoms with Crippen LogP contribution in [0.25, 0.3) is 16.6 Å². The first-order chi connectivity index (χ1) is 17.5. The molecule has 4 aromatic heterocycles. The van der Waals surface area contributed by atoms with Crippen LogP contribution in [0.15, 0.2) is 53.3 Å². The molecule has 37 heavy (non-hydrogen) atoms. The molecule has 1 fully saturated rings. The normalized spacial score (nSPS) is 15.8. The third-order valence-electron chi connectivity index (χ3n) is 5.63. The summed E-state index contributed by atoms with van der Waals surface area (Å²) >= 11 is 0. The average molecular weight is 517 g/mol. The topological polar surface area (TPSA) is 123 Å². The van der Waals surface area contributed by atoms with Crippen molar-refractivity contribution in [3.63, 3.8) is 0 Å². The quantitative estimate of drug-likeness (QED) is 0.435. The van der Waals surface area contributed by atoms with Crippen LogP contribution in [0.2, 0.25) is 0 Å². The molecule has 13 heteroatoms. The fourth-order valence-electron chi connectivity index (χ4n) is 3.87. The van der Waals surface area contributed by atoms with Crippen LogP contribution in [-0.4, -0.2) is 67.6 Å². The standard InChI is InChI=1S/C22H21N5O3.C2HF3O2/c1-14-11-18(15(2)30-14)22(28)26-9-10-29-20(13-26)21-19-4-3-17(12-27(19)25-24-21)16-5-7-23-8-6-16;3-2(4,5)1(6)7/h3-8,11-12,20H,9-10,13H2,1-2H3;(H,6,7). The van der Waals surface area contributed by atoms with Crippen LogP contribution < -0.4 is 0 Å². The summed E-state index contributed by atoms with van der Waals surface area (Å²) in [5, 5.41) is 15.8. The van der Waals surface area contributed by atoms with E-state index in [9.17, 15) is 18.0 Å². The van der Waals surface area contributed by atoms with E-state index in [4.69, 9.17) is 19.1 Å². The Balaban J connectivity index is 0.000000405. The van der Waals surface area contributed by atoms with Crippen molar-refractivity contribution in [1.82, 2.24) is 24.7 Å². The van der Waals surface area contributed by atoms with E-state index < -0.39 is 12.1 Å². The lowest BCUT2D eigenvalue weighted by molar-refractivity contribution is -0.192. The number of alkyl halides is 3. The molecule has 1 saturated heterocycles. The molecule has 0 aromatic carbocycles. The van der Waals surface area contributed by atoms with Crippen LogP contribution in [0.4, 0.5) is 13.2 Å². The number of nitrogens with zero attached hydrogens (tertiary/aromatic N) is 5. The van der Waals surface area contributed by atoms with Crippen molar-refractivity contribution < 1.29 is 37.0 Å². The summed E-state index contributed by atoms with van der Waals surface area (Å²) in [6.07, 6.45) is 0.0404. The van der Waals surface area contributed by atoms with Crippen molar-refractivity contribution in [2.24, 2.45) is 0 Å². The first-order valence-corrected chi connectivity index (χ1v) is 11.1. The molecule has 0 aliphatic carbocycles. The van der Waals surface area contributed by atoms with Crippen LogP contribution in [0.3, 0.4) is 0 Å². The number of amides is 1. The number of hydrogen-bond donors (Lipinski definition) is 1. The Kier molecular flexibility index (Phi) is 7.25. The Labute approximate surface area is 208 Å². The number of pyridine rings is 2. The van der Waals surface area contributed by atoms with Gasteiger partial charge in [0.15, 0.2) is 0 Å². The lowest BCUT2D eigenvalue weighted by Gasteiger charge is -2.32. The summed E-state index contributed by atoms with van der Waals surface area (Å²) in [7, 11) is 0. The van der Waals surface area contributed by atoms with Crippen molar-refractivity contribution in [1.29, 1.82) is 0 Å². The third kappa shape index (κ3) is 5.77. The smallest absolute Gasteiger partial charge is 0.475 e. The molecule has 0 spiro atoms. The summed E-state index contributed by atoms with van der Waals surface area (Å²) in [5.74, 6) is -1.44. The van der Waals surface area contributed by atoms with E-state index in [0.717, 1.165) is 28.1 Å². The molecule has 1 unspecified atom stereocenters. The molecule has 4 aromatic rings. The number of carbonyl (C=O) groups excluding carboxylic acids is 1. The van der Waals surface area contributed by atoms with Gasteiger partial charge in [-0.25, -0.2) is 9.31 Å². The number of carboxylic acid groups (broad SMARTS) is 1. The van der Waals surface area contributed by atoms with Gasteiger partial charge < -0.3 is 19.2 Å². The molecule has 1 atom stereocenters. The number of carboxylic acids is 1. The summed E-state index contributed by atoms with van der Waals surface area (Å²) in [4.78, 5) is 27.7. The second kappa shape index (κ2) is 10.4. The Bertz CT molecular complexity index is 1420. The molecule has 0 saturated carbocycles. The van der Waals surface area contributed by atoms with Crippen LogP contribution in [0.1, 0.15) is 33.7 Å². The first-order valence-electron chi connectivity index (χ1n) is 11.1. The van der Waals surface area contributed by atoms with Crippen molar-refractivity contribution in [2.75, 3.05) is 19.7 Å². The maximum atomic E-state index is 13.0. The molecule has 0 bridgehead atoms. The molecule has 1 amide bonds. The van der Waals surface area contributed by atoms with Gasteiger partial charge >= 0.3 is 12.1 Å². The maximum Gasteiger partial charge on any atom is 0.490 e. The number of ether oxygens (including phenoxy) is 1. The second-order valence-corrected chi connectivity index (χ2v) is 8.20. The number of aryl methyl sites for hydroxylation is 2. The SMILES string of the molecule is Cc1cc(C(=O)N2CCOC(c3nnn4cc(-c5ccncc5)ccc34)C2)c(C)o1.O=C(O)C(F)(F)F. The van der Waals surface area contributed by atoms with E-state index in [0.29, 0.717) is 31.0 Å². The van der Waals surface area contributed by atoms with E-state index in [-0.39, 0.29) is 12.0 Å². The highest BCUT2D eigenvalue weighted by atomic mass is 19.4. The largest absolute Gasteiger partial charge is 0.490 e. The van der Waals surface area contributed by atoms with E-state index in [2.05, 4.69) is 15.3 Å². The number of fused-ring (bicyclic) bond motifs is 1. The molecule has 1 aliphatic heterocycles. The Hall–Kier alpha value is -4.26. The Morgan fingerprint density at radius 1 is 1.11 bits per heavy atom. The molecular weight excluding hydrogens is 495 g/mol. The van der Waals surface area contributed by atoms with Crippen molar-refractivity contribution in [3.8, 4) is 11.1 Å². The zero-order chi connectivity index (χ0) is 26.7. The van der Waals surface area contributed by atoms with Gasteiger partial charge in [-0.1, -0.05) is 11.3 Å². The number of carbonyl (C=O) groups is 2. The molecule has 1 aliphatic rings. The van der Waals surface area contributed by atoms with Gasteiger partial charge in [-0.05, 0) is 43.7 Å². The highest BCUT2D eigenvalue weighted by molar-refractivity contribution is 5.95. The molecule has 1 N–H and O–H groups in total. The van der Waals surface area contributed by atoms with Crippen molar-refractivity contribution >= 4 is 17.4 Å². The molecule has 10 nitrogen and oxygen atoms in total. The van der Waals surface area contributed by atoms with Crippen molar-refractivity contribution in [2.45, 2.75) is 26.1 Å². The van der Waals surface area contributed by atoms with Gasteiger partial charge in [0.2, 0.25) is 0 Å². The minimum atomic E-state index is -5.08. The van der Waals surface area contributed by atoms with Gasteiger partial charge in [-0.3, -0.25) is 9.78 Å². The maximum absolute atomic E-state index is 13.0. The Morgan fingerprint density at radius 3 is 2.43 bits per heavy atom. The highest BCUT2D eigenvalue weighted by Gasteiger charge is 2.38. The number of furan rings is 1. The average Bonchev–Trinajstić information content (AvgIpc) is 3.45. The fourth-order valence-corrected chi connectivity index (χ4v) is 3.87. The molecule has 194 valence electrons. The number of aromatic nitrogens is 4. The summed E-state index contributed by atoms with van der Waals surface area (Å²) in [6, 6.07) is 9.70. The van der Waals surface area contributed by atoms with Gasteiger partial charge in [0.25, 0.3) is 5.91 Å². The molecule has 0 radical (unpaired) electrons. The van der Waals surface area contributed by atoms with Gasteiger partial charge in [-0.15, -0.1) is 5.10 Å². The molecule has 5 heterocycles. The predicted octanol–water partition coefficient (Wildman–Crippen LogP) is 3.85. The van der Waals surface area contributed by atoms with Crippen LogP contribution >= 0.6 is 0 Å². The summed E-state index contributed by atoms with van der Waals surface area (Å²) in [6.45, 7) is 5.05. The lowest BCUT2D eigenvalue weighted by Crippen LogP contribution is -2.42. The zero-order valence-corrected chi connectivity index (χ0v) is 19.8. The lowest BCUT2D eigenvalue weighted by atomic mass is 10.1. The van der Waals surface area contributed by atoms with Gasteiger partial charge in [0.05, 0.1) is 24.2 Å². The van der Waals surface area contributed by atoms with Crippen LogP contribution in [0, 0.1) is 13.8 Å². The van der Waals surface area contributed by atoms with E-state index in [1.54, 1.807) is 27.9 Å². The zero-order valence-electron chi connectivity index (χ0n) is 19.8. The van der Waals surface area contributed by atoms with E-state index in [1.165, 1.54) is 0 Å². The highest BCUT2D eigenvalue weighted by Crippen LogP contribution is 2.28. The monoisotopic (exact) mass is 517 g/mol. The number of rotatable bonds is 3. The van der Waals surface area contributed by atoms with E-state index >= 15 is 0 Å². The van der Waals surface area contributed by atoms with E-state index in [1.807, 2.05) is 44.3 Å². The number of morpholine rings is 1. The summed E-state index contributed by atoms with van der Waals surface area (Å²) < 4.78 is 45.0. The second-order valence-electron chi connectivity index (χ2n) is 8.20. The first kappa shape index (κ1) is 25.8. The number of aliphatic carboxylic acids is 1. The molecular formula is C24H22F3N5O5. The van der Waals surface area contributed by atoms with Gasteiger partial charge in [-0.2, -0.15) is 13.2 Å². The van der Waals surface area contributed by atoms with Gasteiger partial charge in [0.1, 0.15) is 23.3 Å².